The second-order valence-corrected chi connectivity index (χ2v) is 5.83. The maximum absolute atomic E-state index is 13.7. The molecule has 1 saturated carbocycles. The van der Waals surface area contributed by atoms with Crippen LogP contribution in [-0.2, 0) is 6.18 Å². The predicted molar refractivity (Wildman–Crippen MR) is 73.9 cm³/mol. The minimum Gasteiger partial charge on any atom is -0.346 e. The lowest BCUT2D eigenvalue weighted by molar-refractivity contribution is -0.137. The Balaban J connectivity index is 2.26. The lowest BCUT2D eigenvalue weighted by Crippen LogP contribution is -2.48. The molecule has 0 spiro atoms. The molecule has 0 bridgehead atoms. The Kier molecular flexibility index (Phi) is 4.60. The summed E-state index contributed by atoms with van der Waals surface area (Å²) in [5, 5.41) is 3.18. The summed E-state index contributed by atoms with van der Waals surface area (Å²) in [5.74, 6) is -1.76. The molecule has 0 radical (unpaired) electrons. The molecule has 1 amide bonds. The van der Waals surface area contributed by atoms with Gasteiger partial charge in [0.05, 0.1) is 16.7 Å². The first-order valence-corrected chi connectivity index (χ1v) is 7.65. The zero-order valence-corrected chi connectivity index (χ0v) is 12.7. The number of hydrogen-bond acceptors (Lipinski definition) is 1. The van der Waals surface area contributed by atoms with Crippen molar-refractivity contribution in [1.82, 2.24) is 5.32 Å². The summed E-state index contributed by atoms with van der Waals surface area (Å²) in [6, 6.07) is 1.86. The smallest absolute Gasteiger partial charge is 0.346 e. The number of benzene rings is 1. The molecule has 1 aliphatic carbocycles. The third kappa shape index (κ3) is 3.56. The molecule has 21 heavy (non-hydrogen) atoms. The van der Waals surface area contributed by atoms with Crippen molar-refractivity contribution in [2.45, 2.75) is 37.4 Å². The molecule has 1 aliphatic rings. The highest BCUT2D eigenvalue weighted by Crippen LogP contribution is 2.33. The van der Waals surface area contributed by atoms with Crippen molar-refractivity contribution in [2.75, 3.05) is 5.33 Å². The van der Waals surface area contributed by atoms with Gasteiger partial charge in [-0.2, -0.15) is 13.2 Å². The molecule has 0 atom stereocenters. The fourth-order valence-electron chi connectivity index (χ4n) is 2.53. The van der Waals surface area contributed by atoms with Gasteiger partial charge in [-0.05, 0) is 31.0 Å². The second kappa shape index (κ2) is 5.94. The molecule has 116 valence electrons. The molecule has 0 unspecified atom stereocenters. The van der Waals surface area contributed by atoms with E-state index in [1.807, 2.05) is 0 Å². The van der Waals surface area contributed by atoms with Gasteiger partial charge in [0.2, 0.25) is 0 Å². The van der Waals surface area contributed by atoms with Crippen molar-refractivity contribution in [3.8, 4) is 0 Å². The van der Waals surface area contributed by atoms with Gasteiger partial charge in [0, 0.05) is 5.33 Å². The Bertz CT molecular complexity index is 538. The van der Waals surface area contributed by atoms with E-state index in [4.69, 9.17) is 0 Å². The van der Waals surface area contributed by atoms with Gasteiger partial charge in [0.1, 0.15) is 5.82 Å². The van der Waals surface area contributed by atoms with Crippen LogP contribution in [0.1, 0.15) is 41.6 Å². The molecule has 2 nitrogen and oxygen atoms in total. The number of hydrogen-bond donors (Lipinski definition) is 1. The normalized spacial score (nSPS) is 17.8. The van der Waals surface area contributed by atoms with E-state index in [2.05, 4.69) is 21.2 Å². The minimum absolute atomic E-state index is 0.492. The standard InChI is InChI=1S/C14H14BrF4NO/c15-8-13(5-1-2-6-13)20-12(21)10-7-9(14(17,18)19)3-4-11(10)16/h3-4,7H,1-2,5-6,8H2,(H,20,21). The van der Waals surface area contributed by atoms with Gasteiger partial charge < -0.3 is 5.32 Å². The van der Waals surface area contributed by atoms with Gasteiger partial charge in [-0.25, -0.2) is 4.39 Å². The topological polar surface area (TPSA) is 29.1 Å². The summed E-state index contributed by atoms with van der Waals surface area (Å²) in [7, 11) is 0. The van der Waals surface area contributed by atoms with E-state index in [1.54, 1.807) is 0 Å². The molecule has 1 aromatic carbocycles. The molecular weight excluding hydrogens is 354 g/mol. The van der Waals surface area contributed by atoms with E-state index in [1.165, 1.54) is 0 Å². The molecular formula is C14H14BrF4NO. The first-order valence-electron chi connectivity index (χ1n) is 6.53. The Hall–Kier alpha value is -1.11. The number of carbonyl (C=O) groups is 1. The molecule has 1 fully saturated rings. The molecule has 2 rings (SSSR count). The van der Waals surface area contributed by atoms with Crippen LogP contribution in [0.25, 0.3) is 0 Å². The second-order valence-electron chi connectivity index (χ2n) is 5.27. The summed E-state index contributed by atoms with van der Waals surface area (Å²) in [6.07, 6.45) is -1.30. The highest BCUT2D eigenvalue weighted by Gasteiger charge is 2.36. The van der Waals surface area contributed by atoms with Crippen LogP contribution in [0.15, 0.2) is 18.2 Å². The first-order chi connectivity index (χ1) is 9.77. The quantitative estimate of drug-likeness (QED) is 0.626. The monoisotopic (exact) mass is 367 g/mol. The third-order valence-electron chi connectivity index (χ3n) is 3.73. The fourth-order valence-corrected chi connectivity index (χ4v) is 3.23. The minimum atomic E-state index is -4.61. The fraction of sp³-hybridized carbons (Fsp3) is 0.500. The van der Waals surface area contributed by atoms with Crippen molar-refractivity contribution < 1.29 is 22.4 Å². The lowest BCUT2D eigenvalue weighted by Gasteiger charge is -2.28. The number of nitrogens with one attached hydrogen (secondary N) is 1. The molecule has 7 heteroatoms. The number of amides is 1. The van der Waals surface area contributed by atoms with Crippen LogP contribution in [-0.4, -0.2) is 16.8 Å². The molecule has 0 aliphatic heterocycles. The summed E-state index contributed by atoms with van der Waals surface area (Å²) >= 11 is 3.31. The van der Waals surface area contributed by atoms with E-state index in [9.17, 15) is 22.4 Å². The Morgan fingerprint density at radius 2 is 1.90 bits per heavy atom. The average molecular weight is 368 g/mol. The summed E-state index contributed by atoms with van der Waals surface area (Å²) in [4.78, 5) is 12.1. The number of alkyl halides is 4. The van der Waals surface area contributed by atoms with E-state index < -0.39 is 34.6 Å². The van der Waals surface area contributed by atoms with Gasteiger partial charge in [-0.15, -0.1) is 0 Å². The van der Waals surface area contributed by atoms with Crippen LogP contribution in [0, 0.1) is 5.82 Å². The lowest BCUT2D eigenvalue weighted by atomic mass is 9.99. The highest BCUT2D eigenvalue weighted by molar-refractivity contribution is 9.09. The number of carbonyl (C=O) groups excluding carboxylic acids is 1. The van der Waals surface area contributed by atoms with E-state index >= 15 is 0 Å². The Morgan fingerprint density at radius 3 is 2.43 bits per heavy atom. The van der Waals surface area contributed by atoms with Crippen molar-refractivity contribution in [1.29, 1.82) is 0 Å². The van der Waals surface area contributed by atoms with Crippen LogP contribution >= 0.6 is 15.9 Å². The molecule has 0 aromatic heterocycles. The Morgan fingerprint density at radius 1 is 1.29 bits per heavy atom. The summed E-state index contributed by atoms with van der Waals surface area (Å²) < 4.78 is 51.6. The van der Waals surface area contributed by atoms with Crippen molar-refractivity contribution >= 4 is 21.8 Å². The van der Waals surface area contributed by atoms with Crippen LogP contribution in [0.5, 0.6) is 0 Å². The van der Waals surface area contributed by atoms with E-state index in [0.717, 1.165) is 25.7 Å². The number of rotatable bonds is 3. The Labute approximate surface area is 128 Å². The van der Waals surface area contributed by atoms with Crippen molar-refractivity contribution in [3.05, 3.63) is 35.1 Å². The molecule has 1 aromatic rings. The van der Waals surface area contributed by atoms with Crippen molar-refractivity contribution in [3.63, 3.8) is 0 Å². The van der Waals surface area contributed by atoms with Gasteiger partial charge in [-0.3, -0.25) is 4.79 Å². The molecule has 1 N–H and O–H groups in total. The predicted octanol–water partition coefficient (Wildman–Crippen LogP) is 4.28. The molecule has 0 saturated heterocycles. The zero-order valence-electron chi connectivity index (χ0n) is 11.1. The van der Waals surface area contributed by atoms with Gasteiger partial charge in [-0.1, -0.05) is 28.8 Å². The van der Waals surface area contributed by atoms with Crippen molar-refractivity contribution in [2.24, 2.45) is 0 Å². The number of halogens is 5. The SMILES string of the molecule is O=C(NC1(CBr)CCCC1)c1cc(C(F)(F)F)ccc1F. The van der Waals surface area contributed by atoms with Gasteiger partial charge >= 0.3 is 6.18 Å². The average Bonchev–Trinajstić information content (AvgIpc) is 2.87. The van der Waals surface area contributed by atoms with Gasteiger partial charge in [0.15, 0.2) is 0 Å². The van der Waals surface area contributed by atoms with Crippen LogP contribution in [0.4, 0.5) is 17.6 Å². The zero-order chi connectivity index (χ0) is 15.7. The van der Waals surface area contributed by atoms with E-state index in [0.29, 0.717) is 23.5 Å². The maximum atomic E-state index is 13.7. The maximum Gasteiger partial charge on any atom is 0.416 e. The van der Waals surface area contributed by atoms with Crippen LogP contribution < -0.4 is 5.32 Å². The largest absolute Gasteiger partial charge is 0.416 e. The van der Waals surface area contributed by atoms with E-state index in [-0.39, 0.29) is 0 Å². The van der Waals surface area contributed by atoms with Crippen LogP contribution in [0.2, 0.25) is 0 Å². The third-order valence-corrected chi connectivity index (χ3v) is 4.81. The first kappa shape index (κ1) is 16.3. The highest BCUT2D eigenvalue weighted by atomic mass is 79.9. The molecule has 0 heterocycles. The van der Waals surface area contributed by atoms with Crippen LogP contribution in [0.3, 0.4) is 0 Å². The summed E-state index contributed by atoms with van der Waals surface area (Å²) in [5.41, 5.74) is -2.11. The summed E-state index contributed by atoms with van der Waals surface area (Å²) in [6.45, 7) is 0. The van der Waals surface area contributed by atoms with Gasteiger partial charge in [0.25, 0.3) is 5.91 Å².